The molecule has 24 heavy (non-hydrogen) atoms. The predicted octanol–water partition coefficient (Wildman–Crippen LogP) is 3.81. The van der Waals surface area contributed by atoms with Crippen molar-refractivity contribution in [2.75, 3.05) is 0 Å². The Morgan fingerprint density at radius 2 is 2.25 bits per heavy atom. The van der Waals surface area contributed by atoms with Gasteiger partial charge in [0.25, 0.3) is 0 Å². The van der Waals surface area contributed by atoms with E-state index in [9.17, 15) is 10.1 Å². The van der Waals surface area contributed by atoms with Gasteiger partial charge in [0.15, 0.2) is 17.3 Å². The number of aromatic amines is 1. The van der Waals surface area contributed by atoms with Crippen LogP contribution in [0.1, 0.15) is 22.9 Å². The van der Waals surface area contributed by atoms with Gasteiger partial charge in [0, 0.05) is 11.2 Å². The third kappa shape index (κ3) is 3.19. The topological polar surface area (TPSA) is 82.4 Å². The Morgan fingerprint density at radius 3 is 2.96 bits per heavy atom. The summed E-state index contributed by atoms with van der Waals surface area (Å²) in [5.74, 6) is -1.06. The first-order valence-electron chi connectivity index (χ1n) is 7.27. The number of carbonyl (C=O) groups excluding carboxylic acids is 1. The van der Waals surface area contributed by atoms with Crippen LogP contribution in [0.25, 0.3) is 17.2 Å². The van der Waals surface area contributed by atoms with E-state index in [0.29, 0.717) is 16.5 Å². The Labute approximate surface area is 143 Å². The lowest BCUT2D eigenvalue weighted by molar-refractivity contribution is -0.114. The molecule has 1 N–H and O–H groups in total. The average Bonchev–Trinajstić information content (AvgIpc) is 2.99. The number of pyridine rings is 1. The van der Waals surface area contributed by atoms with Crippen LogP contribution in [0.15, 0.2) is 42.6 Å². The van der Waals surface area contributed by atoms with E-state index in [1.165, 1.54) is 6.08 Å². The molecule has 2 aromatic heterocycles. The lowest BCUT2D eigenvalue weighted by atomic mass is 10.0. The van der Waals surface area contributed by atoms with Crippen LogP contribution in [0.3, 0.4) is 0 Å². The summed E-state index contributed by atoms with van der Waals surface area (Å²) in [4.78, 5) is 23.8. The van der Waals surface area contributed by atoms with Crippen LogP contribution in [-0.2, 0) is 4.79 Å². The number of ketones is 1. The molecule has 0 saturated carbocycles. The first-order chi connectivity index (χ1) is 11.6. The van der Waals surface area contributed by atoms with Gasteiger partial charge in [-0.15, -0.1) is 0 Å². The van der Waals surface area contributed by atoms with Crippen molar-refractivity contribution in [3.63, 3.8) is 0 Å². The number of fused-ring (bicyclic) bond motifs is 1. The summed E-state index contributed by atoms with van der Waals surface area (Å²) in [6.45, 7) is 1.91. The molecule has 0 radical (unpaired) electrons. The van der Waals surface area contributed by atoms with E-state index in [4.69, 9.17) is 11.6 Å². The molecule has 0 bridgehead atoms. The maximum atomic E-state index is 12.4. The summed E-state index contributed by atoms with van der Waals surface area (Å²) >= 11 is 5.91. The first-order valence-corrected chi connectivity index (χ1v) is 7.64. The Kier molecular flexibility index (Phi) is 4.41. The molecule has 0 spiro atoms. The predicted molar refractivity (Wildman–Crippen MR) is 92.5 cm³/mol. The normalized spacial score (nSPS) is 12.4. The van der Waals surface area contributed by atoms with Crippen molar-refractivity contribution in [3.05, 3.63) is 64.6 Å². The molecule has 118 valence electrons. The van der Waals surface area contributed by atoms with Crippen LogP contribution < -0.4 is 0 Å². The highest BCUT2D eigenvalue weighted by atomic mass is 35.5. The fraction of sp³-hybridized carbons (Fsp3) is 0.111. The number of nitrogens with zero attached hydrogens (tertiary/aromatic N) is 3. The Hall–Kier alpha value is -2.97. The van der Waals surface area contributed by atoms with E-state index in [-0.39, 0.29) is 5.78 Å². The zero-order chi connectivity index (χ0) is 17.1. The van der Waals surface area contributed by atoms with E-state index >= 15 is 0 Å². The maximum absolute atomic E-state index is 12.4. The first kappa shape index (κ1) is 15.9. The number of nitriles is 1. The third-order valence-electron chi connectivity index (χ3n) is 3.59. The number of hydrogen-bond donors (Lipinski definition) is 1. The van der Waals surface area contributed by atoms with Gasteiger partial charge >= 0.3 is 0 Å². The second-order valence-corrected chi connectivity index (χ2v) is 5.74. The lowest BCUT2D eigenvalue weighted by Crippen LogP contribution is -2.09. The van der Waals surface area contributed by atoms with E-state index in [0.717, 1.165) is 16.6 Å². The van der Waals surface area contributed by atoms with Gasteiger partial charge in [-0.3, -0.25) is 4.79 Å². The van der Waals surface area contributed by atoms with Gasteiger partial charge in [0.2, 0.25) is 0 Å². The highest BCUT2D eigenvalue weighted by Crippen LogP contribution is 2.20. The molecule has 0 amide bonds. The van der Waals surface area contributed by atoms with Crippen molar-refractivity contribution in [1.82, 2.24) is 15.0 Å². The smallest absolute Gasteiger partial charge is 0.180 e. The van der Waals surface area contributed by atoms with Crippen LogP contribution in [-0.4, -0.2) is 20.7 Å². The van der Waals surface area contributed by atoms with Crippen molar-refractivity contribution in [2.45, 2.75) is 12.8 Å². The molecular formula is C18H13ClN4O. The monoisotopic (exact) mass is 336 g/mol. The average molecular weight is 337 g/mol. The minimum absolute atomic E-state index is 0.301. The summed E-state index contributed by atoms with van der Waals surface area (Å²) in [6, 6.07) is 10.9. The number of halogens is 1. The molecule has 0 aliphatic rings. The molecule has 1 aromatic carbocycles. The molecule has 0 fully saturated rings. The number of hydrogen-bond acceptors (Lipinski definition) is 4. The van der Waals surface area contributed by atoms with Crippen molar-refractivity contribution in [2.24, 2.45) is 0 Å². The zero-order valence-corrected chi connectivity index (χ0v) is 13.6. The van der Waals surface area contributed by atoms with Gasteiger partial charge in [0.1, 0.15) is 5.82 Å². The minimum Gasteiger partial charge on any atom is -0.339 e. The number of aryl methyl sites for hydroxylation is 1. The van der Waals surface area contributed by atoms with Crippen molar-refractivity contribution < 1.29 is 4.79 Å². The number of allylic oxidation sites excluding steroid dienone is 1. The highest BCUT2D eigenvalue weighted by molar-refractivity contribution is 6.30. The SMILES string of the molecule is Cc1ccnc2nc([C@@H](C#N)C(=O)/C=C/c3cccc(Cl)c3)[nH]c12. The quantitative estimate of drug-likeness (QED) is 0.734. The minimum atomic E-state index is -1.01. The Balaban J connectivity index is 1.88. The summed E-state index contributed by atoms with van der Waals surface area (Å²) < 4.78 is 0. The van der Waals surface area contributed by atoms with Gasteiger partial charge < -0.3 is 4.98 Å². The molecule has 5 nitrogen and oxygen atoms in total. The van der Waals surface area contributed by atoms with Crippen LogP contribution in [0.5, 0.6) is 0 Å². The molecule has 0 saturated heterocycles. The van der Waals surface area contributed by atoms with Crippen LogP contribution in [0, 0.1) is 18.3 Å². The number of benzene rings is 1. The zero-order valence-electron chi connectivity index (χ0n) is 12.8. The van der Waals surface area contributed by atoms with E-state index in [1.54, 1.807) is 30.5 Å². The Bertz CT molecular complexity index is 984. The van der Waals surface area contributed by atoms with E-state index < -0.39 is 5.92 Å². The fourth-order valence-electron chi connectivity index (χ4n) is 2.33. The second kappa shape index (κ2) is 6.65. The van der Waals surface area contributed by atoms with Gasteiger partial charge in [-0.1, -0.05) is 29.8 Å². The molecule has 3 aromatic rings. The molecule has 0 aliphatic carbocycles. The molecule has 3 rings (SSSR count). The van der Waals surface area contributed by atoms with Gasteiger partial charge in [0.05, 0.1) is 11.6 Å². The molecule has 1 atom stereocenters. The molecule has 0 unspecified atom stereocenters. The van der Waals surface area contributed by atoms with Crippen LogP contribution in [0.2, 0.25) is 5.02 Å². The lowest BCUT2D eigenvalue weighted by Gasteiger charge is -2.01. The second-order valence-electron chi connectivity index (χ2n) is 5.30. The van der Waals surface area contributed by atoms with Crippen LogP contribution >= 0.6 is 11.6 Å². The maximum Gasteiger partial charge on any atom is 0.180 e. The standard InChI is InChI=1S/C18H13ClN4O/c1-11-7-8-21-18-16(11)22-17(23-18)14(10-20)15(24)6-5-12-3-2-4-13(19)9-12/h2-9,14H,1H3,(H,21,22,23)/b6-5+/t14-/m0/s1. The van der Waals surface area contributed by atoms with Gasteiger partial charge in [-0.2, -0.15) is 5.26 Å². The third-order valence-corrected chi connectivity index (χ3v) is 3.83. The number of aromatic nitrogens is 3. The summed E-state index contributed by atoms with van der Waals surface area (Å²) in [5, 5.41) is 9.96. The molecular weight excluding hydrogens is 324 g/mol. The number of carbonyl (C=O) groups is 1. The van der Waals surface area contributed by atoms with E-state index in [1.807, 2.05) is 25.1 Å². The molecule has 6 heteroatoms. The molecule has 2 heterocycles. The highest BCUT2D eigenvalue weighted by Gasteiger charge is 2.22. The Morgan fingerprint density at radius 1 is 1.42 bits per heavy atom. The van der Waals surface area contributed by atoms with Crippen molar-refractivity contribution in [1.29, 1.82) is 5.26 Å². The van der Waals surface area contributed by atoms with Gasteiger partial charge in [-0.25, -0.2) is 9.97 Å². The van der Waals surface area contributed by atoms with Crippen molar-refractivity contribution in [3.8, 4) is 6.07 Å². The molecule has 0 aliphatic heterocycles. The summed E-state index contributed by atoms with van der Waals surface area (Å²) in [6.07, 6.45) is 4.64. The van der Waals surface area contributed by atoms with Gasteiger partial charge in [-0.05, 0) is 42.3 Å². The number of rotatable bonds is 4. The van der Waals surface area contributed by atoms with Crippen molar-refractivity contribution >= 4 is 34.6 Å². The number of H-pyrrole nitrogens is 1. The fourth-order valence-corrected chi connectivity index (χ4v) is 2.53. The largest absolute Gasteiger partial charge is 0.339 e. The van der Waals surface area contributed by atoms with E-state index in [2.05, 4.69) is 15.0 Å². The number of nitrogens with one attached hydrogen (secondary N) is 1. The summed E-state index contributed by atoms with van der Waals surface area (Å²) in [7, 11) is 0. The number of imidazole rings is 1. The summed E-state index contributed by atoms with van der Waals surface area (Å²) in [5.41, 5.74) is 2.98. The van der Waals surface area contributed by atoms with Crippen LogP contribution in [0.4, 0.5) is 0 Å².